The van der Waals surface area contributed by atoms with E-state index in [1.54, 1.807) is 0 Å². The number of hydrogen-bond acceptors (Lipinski definition) is 0. The van der Waals surface area contributed by atoms with Crippen LogP contribution in [0.3, 0.4) is 0 Å². The molecule has 0 heterocycles. The van der Waals surface area contributed by atoms with Crippen LogP contribution in [-0.2, 0) is 0 Å². The molecule has 0 spiro atoms. The molecule has 0 aromatic carbocycles. The average Bonchev–Trinajstić information content (AvgIpc) is 1.65. The monoisotopic (exact) mass is 77.0 g/mol. The second-order valence-corrected chi connectivity index (χ2v) is 0.886. The zero-order valence-electron chi connectivity index (χ0n) is 3.44. The van der Waals surface area contributed by atoms with Gasteiger partial charge >= 0.3 is 0 Å². The maximum atomic E-state index is 4.83. The third-order valence-corrected chi connectivity index (χ3v) is 0.402. The molecule has 0 unspecified atom stereocenters. The lowest BCUT2D eigenvalue weighted by Gasteiger charge is -1.80. The number of hydrogen-bond donors (Lipinski definition) is 0. The Balaban J connectivity index is 3.40. The normalized spacial score (nSPS) is 6.67. The lowest BCUT2D eigenvalue weighted by atomic mass is 10.2. The van der Waals surface area contributed by atoms with Crippen molar-refractivity contribution in [2.45, 2.75) is 0 Å². The van der Waals surface area contributed by atoms with Crippen molar-refractivity contribution in [1.82, 2.24) is 0 Å². The van der Waals surface area contributed by atoms with Gasteiger partial charge in [-0.1, -0.05) is 11.8 Å². The van der Waals surface area contributed by atoms with Crippen LogP contribution in [0, 0.1) is 37.5 Å². The fourth-order valence-corrected chi connectivity index (χ4v) is 0.0481. The van der Waals surface area contributed by atoms with E-state index in [0.29, 0.717) is 0 Å². The summed E-state index contributed by atoms with van der Waals surface area (Å²) in [6, 6.07) is 0. The Morgan fingerprint density at radius 2 is 1.67 bits per heavy atom. The quantitative estimate of drug-likeness (QED) is 0.373. The maximum Gasteiger partial charge on any atom is 0.0807 e. The first-order valence-electron chi connectivity index (χ1n) is 1.56. The molecule has 0 aromatic heterocycles. The lowest BCUT2D eigenvalue weighted by Crippen LogP contribution is -1.78. The minimum absolute atomic E-state index is 0.259. The minimum Gasteiger partial charge on any atom is -0.119 e. The second-order valence-electron chi connectivity index (χ2n) is 0.886. The van der Waals surface area contributed by atoms with Crippen LogP contribution in [-0.4, -0.2) is 0 Å². The van der Waals surface area contributed by atoms with Crippen LogP contribution in [0.2, 0.25) is 0 Å². The van der Waals surface area contributed by atoms with Crippen LogP contribution in [0.4, 0.5) is 0 Å². The van der Waals surface area contributed by atoms with Gasteiger partial charge in [0.15, 0.2) is 0 Å². The van der Waals surface area contributed by atoms with Crippen molar-refractivity contribution in [3.8, 4) is 24.7 Å². The summed E-state index contributed by atoms with van der Waals surface area (Å²) in [5, 5.41) is 0. The van der Waals surface area contributed by atoms with Crippen LogP contribution in [0.5, 0.6) is 0 Å². The first-order chi connectivity index (χ1) is 2.81. The molecule has 0 aromatic rings. The SMILES string of the molecule is C#CC([CH2])C#C. The zero-order valence-corrected chi connectivity index (χ0v) is 3.44. The van der Waals surface area contributed by atoms with E-state index < -0.39 is 0 Å². The predicted molar refractivity (Wildman–Crippen MR) is 26.5 cm³/mol. The Labute approximate surface area is 38.6 Å². The molecule has 0 amide bonds. The summed E-state index contributed by atoms with van der Waals surface area (Å²) in [7, 11) is 0. The van der Waals surface area contributed by atoms with Gasteiger partial charge in [0.05, 0.1) is 5.92 Å². The first kappa shape index (κ1) is 5.12. The molecule has 0 aliphatic rings. The largest absolute Gasteiger partial charge is 0.119 e. The highest BCUT2D eigenvalue weighted by atomic mass is 13.8. The van der Waals surface area contributed by atoms with E-state index in [2.05, 4.69) is 18.8 Å². The van der Waals surface area contributed by atoms with E-state index in [9.17, 15) is 0 Å². The van der Waals surface area contributed by atoms with Crippen LogP contribution in [0.1, 0.15) is 0 Å². The first-order valence-corrected chi connectivity index (χ1v) is 1.56. The predicted octanol–water partition coefficient (Wildman–Crippen LogP) is 0.703. The Kier molecular flexibility index (Phi) is 2.02. The Bertz CT molecular complexity index is 84.2. The van der Waals surface area contributed by atoms with Gasteiger partial charge in [-0.3, -0.25) is 0 Å². The van der Waals surface area contributed by atoms with Gasteiger partial charge in [-0.15, -0.1) is 12.8 Å². The van der Waals surface area contributed by atoms with Crippen LogP contribution >= 0.6 is 0 Å². The molecule has 0 fully saturated rings. The molecule has 0 nitrogen and oxygen atoms in total. The summed E-state index contributed by atoms with van der Waals surface area (Å²) in [6.07, 6.45) is 9.66. The van der Waals surface area contributed by atoms with Crippen molar-refractivity contribution in [3.05, 3.63) is 6.92 Å². The van der Waals surface area contributed by atoms with Gasteiger partial charge in [-0.05, 0) is 6.92 Å². The lowest BCUT2D eigenvalue weighted by molar-refractivity contribution is 1.18. The van der Waals surface area contributed by atoms with Gasteiger partial charge in [0.1, 0.15) is 0 Å². The van der Waals surface area contributed by atoms with Gasteiger partial charge in [0, 0.05) is 0 Å². The topological polar surface area (TPSA) is 0 Å². The smallest absolute Gasteiger partial charge is 0.0807 e. The summed E-state index contributed by atoms with van der Waals surface area (Å²) >= 11 is 0. The second kappa shape index (κ2) is 2.36. The highest BCUT2D eigenvalue weighted by molar-refractivity contribution is 5.10. The van der Waals surface area contributed by atoms with Gasteiger partial charge < -0.3 is 0 Å². The fourth-order valence-electron chi connectivity index (χ4n) is 0.0481. The zero-order chi connectivity index (χ0) is 4.99. The highest BCUT2D eigenvalue weighted by Gasteiger charge is 1.80. The van der Waals surface area contributed by atoms with E-state index in [4.69, 9.17) is 12.8 Å². The molecule has 0 rings (SSSR count). The number of rotatable bonds is 0. The third kappa shape index (κ3) is 1.44. The van der Waals surface area contributed by atoms with Gasteiger partial charge in [0.25, 0.3) is 0 Å². The molecule has 6 heavy (non-hydrogen) atoms. The van der Waals surface area contributed by atoms with Crippen molar-refractivity contribution in [3.63, 3.8) is 0 Å². The average molecular weight is 77.1 g/mol. The molecule has 0 saturated carbocycles. The molecular weight excluding hydrogens is 72.1 g/mol. The molecule has 0 aliphatic carbocycles. The van der Waals surface area contributed by atoms with Crippen LogP contribution in [0.15, 0.2) is 0 Å². The molecule has 1 radical (unpaired) electrons. The summed E-state index contributed by atoms with van der Waals surface area (Å²) in [5.41, 5.74) is 0. The maximum absolute atomic E-state index is 4.83. The fraction of sp³-hybridized carbons (Fsp3) is 0.167. The molecule has 0 atom stereocenters. The van der Waals surface area contributed by atoms with Crippen LogP contribution in [0.25, 0.3) is 0 Å². The molecular formula is C6H5. The summed E-state index contributed by atoms with van der Waals surface area (Å²) in [6.45, 7) is 3.40. The van der Waals surface area contributed by atoms with Crippen molar-refractivity contribution in [1.29, 1.82) is 0 Å². The molecule has 29 valence electrons. The highest BCUT2D eigenvalue weighted by Crippen LogP contribution is 1.81. The summed E-state index contributed by atoms with van der Waals surface area (Å²) in [5.74, 6) is 4.28. The molecule has 0 N–H and O–H groups in total. The molecule has 0 aliphatic heterocycles. The van der Waals surface area contributed by atoms with Gasteiger partial charge in [0.2, 0.25) is 0 Å². The van der Waals surface area contributed by atoms with Crippen molar-refractivity contribution in [2.75, 3.05) is 0 Å². The Hall–Kier alpha value is -0.880. The van der Waals surface area contributed by atoms with Crippen molar-refractivity contribution in [2.24, 2.45) is 5.92 Å². The molecule has 0 bridgehead atoms. The number of terminal acetylenes is 2. The van der Waals surface area contributed by atoms with E-state index in [-0.39, 0.29) is 5.92 Å². The molecule has 0 saturated heterocycles. The van der Waals surface area contributed by atoms with Gasteiger partial charge in [-0.2, -0.15) is 0 Å². The standard InChI is InChI=1S/C6H5/c1-4-6(3)5-2/h1-2,6H,3H2. The minimum atomic E-state index is -0.259. The summed E-state index contributed by atoms with van der Waals surface area (Å²) < 4.78 is 0. The van der Waals surface area contributed by atoms with E-state index >= 15 is 0 Å². The van der Waals surface area contributed by atoms with Crippen molar-refractivity contribution >= 4 is 0 Å². The van der Waals surface area contributed by atoms with Crippen LogP contribution < -0.4 is 0 Å². The molecule has 0 heteroatoms. The summed E-state index contributed by atoms with van der Waals surface area (Å²) in [4.78, 5) is 0. The van der Waals surface area contributed by atoms with E-state index in [0.717, 1.165) is 0 Å². The van der Waals surface area contributed by atoms with E-state index in [1.807, 2.05) is 0 Å². The van der Waals surface area contributed by atoms with Crippen molar-refractivity contribution < 1.29 is 0 Å². The van der Waals surface area contributed by atoms with E-state index in [1.165, 1.54) is 0 Å². The Morgan fingerprint density at radius 3 is 1.67 bits per heavy atom. The van der Waals surface area contributed by atoms with Gasteiger partial charge in [-0.25, -0.2) is 0 Å². The third-order valence-electron chi connectivity index (χ3n) is 0.402. The Morgan fingerprint density at radius 1 is 1.33 bits per heavy atom.